The molecule has 110 valence electrons. The fourth-order valence-corrected chi connectivity index (χ4v) is 3.89. The van der Waals surface area contributed by atoms with Crippen molar-refractivity contribution < 1.29 is 22.7 Å². The number of nitrogens with zero attached hydrogens (tertiary/aromatic N) is 1. The number of ether oxygens (including phenoxy) is 1. The highest BCUT2D eigenvalue weighted by Crippen LogP contribution is 2.50. The van der Waals surface area contributed by atoms with Crippen LogP contribution >= 0.6 is 0 Å². The molecule has 0 aromatic carbocycles. The maximum Gasteiger partial charge on any atom is 0.306 e. The Morgan fingerprint density at radius 2 is 1.84 bits per heavy atom. The Labute approximate surface area is 114 Å². The average Bonchev–Trinajstić information content (AvgIpc) is 3.04. The highest BCUT2D eigenvalue weighted by Gasteiger charge is 2.47. The van der Waals surface area contributed by atoms with Crippen molar-refractivity contribution in [1.29, 1.82) is 0 Å². The van der Waals surface area contributed by atoms with Gasteiger partial charge in [-0.15, -0.1) is 0 Å². The third-order valence-electron chi connectivity index (χ3n) is 3.36. The molecule has 1 fully saturated rings. The molecule has 0 spiro atoms. The lowest BCUT2D eigenvalue weighted by molar-refractivity contribution is -0.141. The van der Waals surface area contributed by atoms with Crippen LogP contribution in [-0.2, 0) is 24.2 Å². The van der Waals surface area contributed by atoms with Crippen LogP contribution in [0.3, 0.4) is 0 Å². The van der Waals surface area contributed by atoms with Crippen LogP contribution < -0.4 is 0 Å². The molecule has 19 heavy (non-hydrogen) atoms. The molecule has 0 aromatic heterocycles. The molecule has 0 unspecified atom stereocenters. The molecule has 1 aliphatic rings. The predicted octanol–water partition coefficient (Wildman–Crippen LogP) is 0.223. The van der Waals surface area contributed by atoms with Crippen LogP contribution in [0.15, 0.2) is 0 Å². The second kappa shape index (κ2) is 5.90. The van der Waals surface area contributed by atoms with E-state index in [1.54, 1.807) is 14.1 Å². The molecule has 0 bridgehead atoms. The van der Waals surface area contributed by atoms with E-state index < -0.39 is 15.3 Å². The van der Waals surface area contributed by atoms with Crippen LogP contribution in [0, 0.1) is 5.41 Å². The SMILES string of the molecule is COC(=O)CC1(CS(=O)(=O)CCC(=O)N(C)C)CC1. The summed E-state index contributed by atoms with van der Waals surface area (Å²) < 4.78 is 28.5. The molecule has 0 aromatic rings. The molecular formula is C12H21NO5S. The van der Waals surface area contributed by atoms with Crippen LogP contribution in [0.25, 0.3) is 0 Å². The second-order valence-electron chi connectivity index (χ2n) is 5.38. The van der Waals surface area contributed by atoms with Crippen LogP contribution in [0.1, 0.15) is 25.7 Å². The number of methoxy groups -OCH3 is 1. The fourth-order valence-electron chi connectivity index (χ4n) is 1.93. The van der Waals surface area contributed by atoms with Gasteiger partial charge in [-0.05, 0) is 18.3 Å². The Morgan fingerprint density at radius 1 is 1.26 bits per heavy atom. The summed E-state index contributed by atoms with van der Waals surface area (Å²) in [4.78, 5) is 24.0. The molecule has 0 radical (unpaired) electrons. The van der Waals surface area contributed by atoms with Gasteiger partial charge in [-0.25, -0.2) is 8.42 Å². The van der Waals surface area contributed by atoms with Gasteiger partial charge in [0, 0.05) is 20.5 Å². The summed E-state index contributed by atoms with van der Waals surface area (Å²) in [6.45, 7) is 0. The Bertz CT molecular complexity index is 451. The number of sulfone groups is 1. The van der Waals surface area contributed by atoms with Crippen molar-refractivity contribution in [2.45, 2.75) is 25.7 Å². The number of carbonyl (C=O) groups is 2. The van der Waals surface area contributed by atoms with Crippen molar-refractivity contribution in [1.82, 2.24) is 4.90 Å². The standard InChI is InChI=1S/C12H21NO5S/c1-13(2)10(14)4-7-19(16,17)9-12(5-6-12)8-11(15)18-3/h4-9H2,1-3H3. The van der Waals surface area contributed by atoms with Gasteiger partial charge in [0.1, 0.15) is 0 Å². The summed E-state index contributed by atoms with van der Waals surface area (Å²) in [7, 11) is 1.16. The highest BCUT2D eigenvalue weighted by atomic mass is 32.2. The van der Waals surface area contributed by atoms with Crippen molar-refractivity contribution in [2.75, 3.05) is 32.7 Å². The van der Waals surface area contributed by atoms with E-state index in [2.05, 4.69) is 4.74 Å². The molecule has 0 saturated heterocycles. The van der Waals surface area contributed by atoms with E-state index in [1.165, 1.54) is 12.0 Å². The summed E-state index contributed by atoms with van der Waals surface area (Å²) in [6, 6.07) is 0. The summed E-state index contributed by atoms with van der Waals surface area (Å²) in [5.74, 6) is -0.776. The zero-order chi connectivity index (χ0) is 14.7. The minimum Gasteiger partial charge on any atom is -0.469 e. The number of hydrogen-bond donors (Lipinski definition) is 0. The highest BCUT2D eigenvalue weighted by molar-refractivity contribution is 7.91. The summed E-state index contributed by atoms with van der Waals surface area (Å²) >= 11 is 0. The van der Waals surface area contributed by atoms with Gasteiger partial charge < -0.3 is 9.64 Å². The molecule has 0 heterocycles. The second-order valence-corrected chi connectivity index (χ2v) is 7.57. The maximum atomic E-state index is 12.0. The molecule has 1 amide bonds. The van der Waals surface area contributed by atoms with E-state index in [1.807, 2.05) is 0 Å². The predicted molar refractivity (Wildman–Crippen MR) is 70.3 cm³/mol. The van der Waals surface area contributed by atoms with E-state index >= 15 is 0 Å². The maximum absolute atomic E-state index is 12.0. The normalized spacial score (nSPS) is 16.8. The Kier molecular flexibility index (Phi) is 4.95. The van der Waals surface area contributed by atoms with Gasteiger partial charge in [0.2, 0.25) is 5.91 Å². The lowest BCUT2D eigenvalue weighted by Crippen LogP contribution is -2.27. The average molecular weight is 291 g/mol. The molecule has 6 nitrogen and oxygen atoms in total. The molecule has 1 rings (SSSR count). The lowest BCUT2D eigenvalue weighted by atomic mass is 10.1. The molecule has 0 N–H and O–H groups in total. The van der Waals surface area contributed by atoms with Crippen molar-refractivity contribution in [3.63, 3.8) is 0 Å². The van der Waals surface area contributed by atoms with Crippen LogP contribution in [0.4, 0.5) is 0 Å². The molecule has 1 aliphatic carbocycles. The van der Waals surface area contributed by atoms with Crippen LogP contribution in [0.5, 0.6) is 0 Å². The van der Waals surface area contributed by atoms with Gasteiger partial charge in [0.25, 0.3) is 0 Å². The fraction of sp³-hybridized carbons (Fsp3) is 0.833. The van der Waals surface area contributed by atoms with Gasteiger partial charge in [-0.2, -0.15) is 0 Å². The first-order valence-electron chi connectivity index (χ1n) is 6.17. The molecule has 0 aliphatic heterocycles. The van der Waals surface area contributed by atoms with Crippen LogP contribution in [-0.4, -0.2) is 57.9 Å². The van der Waals surface area contributed by atoms with E-state index in [0.717, 1.165) is 12.8 Å². The third-order valence-corrected chi connectivity index (χ3v) is 5.23. The quantitative estimate of drug-likeness (QED) is 0.627. The van der Waals surface area contributed by atoms with Gasteiger partial charge in [0.15, 0.2) is 9.84 Å². The van der Waals surface area contributed by atoms with E-state index in [4.69, 9.17) is 0 Å². The Morgan fingerprint density at radius 3 is 2.26 bits per heavy atom. The largest absolute Gasteiger partial charge is 0.469 e. The Hall–Kier alpha value is -1.11. The van der Waals surface area contributed by atoms with E-state index in [-0.39, 0.29) is 36.2 Å². The van der Waals surface area contributed by atoms with E-state index in [9.17, 15) is 18.0 Å². The number of amides is 1. The smallest absolute Gasteiger partial charge is 0.306 e. The van der Waals surface area contributed by atoms with Crippen LogP contribution in [0.2, 0.25) is 0 Å². The van der Waals surface area contributed by atoms with Crippen molar-refractivity contribution >= 4 is 21.7 Å². The Balaban J connectivity index is 2.51. The lowest BCUT2D eigenvalue weighted by Gasteiger charge is -2.15. The first-order chi connectivity index (χ1) is 8.70. The van der Waals surface area contributed by atoms with Gasteiger partial charge in [0.05, 0.1) is 25.0 Å². The molecular weight excluding hydrogens is 270 g/mol. The topological polar surface area (TPSA) is 80.8 Å². The monoisotopic (exact) mass is 291 g/mol. The van der Waals surface area contributed by atoms with Crippen molar-refractivity contribution in [3.8, 4) is 0 Å². The van der Waals surface area contributed by atoms with E-state index in [0.29, 0.717) is 0 Å². The number of rotatable bonds is 7. The number of carbonyl (C=O) groups excluding carboxylic acids is 2. The zero-order valence-corrected chi connectivity index (χ0v) is 12.5. The zero-order valence-electron chi connectivity index (χ0n) is 11.6. The first kappa shape index (κ1) is 15.9. The van der Waals surface area contributed by atoms with Gasteiger partial charge in [-0.3, -0.25) is 9.59 Å². The number of hydrogen-bond acceptors (Lipinski definition) is 5. The molecule has 0 atom stereocenters. The molecule has 1 saturated carbocycles. The minimum absolute atomic E-state index is 0.0103. The first-order valence-corrected chi connectivity index (χ1v) is 7.99. The van der Waals surface area contributed by atoms with Crippen molar-refractivity contribution in [3.05, 3.63) is 0 Å². The summed E-state index contributed by atoms with van der Waals surface area (Å²) in [5.41, 5.74) is -0.451. The third kappa shape index (κ3) is 5.18. The van der Waals surface area contributed by atoms with Crippen molar-refractivity contribution in [2.24, 2.45) is 5.41 Å². The van der Waals surface area contributed by atoms with Gasteiger partial charge >= 0.3 is 5.97 Å². The minimum atomic E-state index is -3.31. The molecule has 7 heteroatoms. The van der Waals surface area contributed by atoms with Gasteiger partial charge in [-0.1, -0.05) is 0 Å². The summed E-state index contributed by atoms with van der Waals surface area (Å²) in [5, 5.41) is 0. The summed E-state index contributed by atoms with van der Waals surface area (Å²) in [6.07, 6.45) is 1.58. The number of esters is 1.